The van der Waals surface area contributed by atoms with Crippen LogP contribution in [0.25, 0.3) is 10.8 Å². The highest BCUT2D eigenvalue weighted by Crippen LogP contribution is 2.27. The summed E-state index contributed by atoms with van der Waals surface area (Å²) in [6.45, 7) is 1.06. The Bertz CT molecular complexity index is 1070. The zero-order chi connectivity index (χ0) is 20.8. The average molecular weight is 396 g/mol. The Hall–Kier alpha value is -3.32. The van der Waals surface area contributed by atoms with Crippen LogP contribution in [0.4, 0.5) is 0 Å². The first-order valence-corrected chi connectivity index (χ1v) is 9.19. The number of nitrogens with zero attached hydrogens (tertiary/aromatic N) is 1. The van der Waals surface area contributed by atoms with E-state index in [2.05, 4.69) is 5.32 Å². The van der Waals surface area contributed by atoms with Crippen molar-refractivity contribution in [2.75, 3.05) is 27.9 Å². The molecule has 0 unspecified atom stereocenters. The van der Waals surface area contributed by atoms with Crippen molar-refractivity contribution >= 4 is 16.7 Å². The minimum absolute atomic E-state index is 0.144. The van der Waals surface area contributed by atoms with Crippen LogP contribution >= 0.6 is 0 Å². The van der Waals surface area contributed by atoms with Crippen LogP contribution in [0.15, 0.2) is 53.5 Å². The fourth-order valence-corrected chi connectivity index (χ4v) is 3.15. The van der Waals surface area contributed by atoms with Crippen molar-refractivity contribution in [1.82, 2.24) is 9.88 Å². The number of rotatable bonds is 8. The lowest BCUT2D eigenvalue weighted by Crippen LogP contribution is -2.28. The predicted molar refractivity (Wildman–Crippen MR) is 111 cm³/mol. The molecule has 0 aliphatic heterocycles. The Morgan fingerprint density at radius 1 is 1.00 bits per heavy atom. The minimum Gasteiger partial charge on any atom is -0.493 e. The normalized spacial score (nSPS) is 10.7. The number of amides is 1. The molecule has 0 saturated carbocycles. The molecule has 0 atom stereocenters. The molecule has 0 aliphatic rings. The summed E-state index contributed by atoms with van der Waals surface area (Å²) in [5.41, 5.74) is 1.17. The largest absolute Gasteiger partial charge is 0.493 e. The third-order valence-corrected chi connectivity index (χ3v) is 4.68. The number of pyridine rings is 1. The smallest absolute Gasteiger partial charge is 0.258 e. The first-order chi connectivity index (χ1) is 14.1. The molecule has 3 rings (SSSR count). The van der Waals surface area contributed by atoms with Crippen LogP contribution in [0.5, 0.6) is 11.5 Å². The summed E-state index contributed by atoms with van der Waals surface area (Å²) in [7, 11) is 4.71. The SMILES string of the molecule is COCCn1cc(C(=O)NCc2ccc(OC)c(OC)c2)c2ccccc2c1=O. The molecule has 0 fully saturated rings. The van der Waals surface area contributed by atoms with Gasteiger partial charge in [-0.1, -0.05) is 24.3 Å². The summed E-state index contributed by atoms with van der Waals surface area (Å²) in [6, 6.07) is 12.6. The van der Waals surface area contributed by atoms with E-state index in [1.54, 1.807) is 51.8 Å². The van der Waals surface area contributed by atoms with Crippen molar-refractivity contribution in [3.8, 4) is 11.5 Å². The molecular weight excluding hydrogens is 372 g/mol. The maximum atomic E-state index is 12.9. The Labute approximate surface area is 168 Å². The standard InChI is InChI=1S/C22H24N2O5/c1-27-11-10-24-14-18(16-6-4-5-7-17(16)22(24)26)21(25)23-13-15-8-9-19(28-2)20(12-15)29-3/h4-9,12,14H,10-11,13H2,1-3H3,(H,23,25). The summed E-state index contributed by atoms with van der Waals surface area (Å²) in [5.74, 6) is 0.957. The molecule has 1 N–H and O–H groups in total. The number of benzene rings is 2. The first kappa shape index (κ1) is 20.4. The van der Waals surface area contributed by atoms with Gasteiger partial charge in [0.15, 0.2) is 11.5 Å². The fraction of sp³-hybridized carbons (Fsp3) is 0.273. The molecule has 2 aromatic carbocycles. The van der Waals surface area contributed by atoms with Crippen LogP contribution < -0.4 is 20.3 Å². The second kappa shape index (κ2) is 9.25. The number of hydrogen-bond acceptors (Lipinski definition) is 5. The zero-order valence-corrected chi connectivity index (χ0v) is 16.7. The number of aromatic nitrogens is 1. The molecular formula is C22H24N2O5. The predicted octanol–water partition coefficient (Wildman–Crippen LogP) is 2.60. The third-order valence-electron chi connectivity index (χ3n) is 4.68. The van der Waals surface area contributed by atoms with Crippen molar-refractivity contribution in [3.05, 3.63) is 70.1 Å². The Balaban J connectivity index is 1.89. The number of hydrogen-bond donors (Lipinski definition) is 1. The molecule has 7 nitrogen and oxygen atoms in total. The number of methoxy groups -OCH3 is 3. The molecule has 7 heteroatoms. The van der Waals surface area contributed by atoms with E-state index in [1.165, 1.54) is 4.57 Å². The van der Waals surface area contributed by atoms with Gasteiger partial charge in [-0.2, -0.15) is 0 Å². The van der Waals surface area contributed by atoms with E-state index in [9.17, 15) is 9.59 Å². The first-order valence-electron chi connectivity index (χ1n) is 9.19. The quantitative estimate of drug-likeness (QED) is 0.633. The summed E-state index contributed by atoms with van der Waals surface area (Å²) in [6.07, 6.45) is 1.59. The van der Waals surface area contributed by atoms with Gasteiger partial charge in [0.2, 0.25) is 0 Å². The molecule has 0 spiro atoms. The zero-order valence-electron chi connectivity index (χ0n) is 16.7. The van der Waals surface area contributed by atoms with Gasteiger partial charge in [-0.15, -0.1) is 0 Å². The molecule has 0 saturated heterocycles. The summed E-state index contributed by atoms with van der Waals surface area (Å²) in [4.78, 5) is 25.6. The van der Waals surface area contributed by atoms with Crippen LogP contribution in [0.3, 0.4) is 0 Å². The van der Waals surface area contributed by atoms with E-state index in [0.717, 1.165) is 5.56 Å². The summed E-state index contributed by atoms with van der Waals surface area (Å²) < 4.78 is 17.1. The van der Waals surface area contributed by atoms with Gasteiger partial charge in [-0.3, -0.25) is 9.59 Å². The maximum Gasteiger partial charge on any atom is 0.258 e. The fourth-order valence-electron chi connectivity index (χ4n) is 3.15. The third kappa shape index (κ3) is 4.41. The molecule has 29 heavy (non-hydrogen) atoms. The second-order valence-corrected chi connectivity index (χ2v) is 6.45. The van der Waals surface area contributed by atoms with E-state index in [1.807, 2.05) is 18.2 Å². The molecule has 0 bridgehead atoms. The van der Waals surface area contributed by atoms with Crippen molar-refractivity contribution < 1.29 is 19.0 Å². The van der Waals surface area contributed by atoms with Crippen molar-refractivity contribution in [1.29, 1.82) is 0 Å². The highest BCUT2D eigenvalue weighted by Gasteiger charge is 2.15. The number of carbonyl (C=O) groups is 1. The molecule has 0 aliphatic carbocycles. The topological polar surface area (TPSA) is 78.8 Å². The molecule has 152 valence electrons. The van der Waals surface area contributed by atoms with Crippen LogP contribution in [0.1, 0.15) is 15.9 Å². The molecule has 3 aromatic rings. The molecule has 1 heterocycles. The second-order valence-electron chi connectivity index (χ2n) is 6.45. The van der Waals surface area contributed by atoms with Gasteiger partial charge in [0.05, 0.1) is 26.4 Å². The van der Waals surface area contributed by atoms with Gasteiger partial charge in [0.25, 0.3) is 11.5 Å². The number of nitrogens with one attached hydrogen (secondary N) is 1. The van der Waals surface area contributed by atoms with Crippen LogP contribution in [0.2, 0.25) is 0 Å². The lowest BCUT2D eigenvalue weighted by atomic mass is 10.1. The van der Waals surface area contributed by atoms with E-state index in [0.29, 0.717) is 47.5 Å². The van der Waals surface area contributed by atoms with Gasteiger partial charge in [-0.25, -0.2) is 0 Å². The number of fused-ring (bicyclic) bond motifs is 1. The van der Waals surface area contributed by atoms with Crippen LogP contribution in [-0.2, 0) is 17.8 Å². The number of ether oxygens (including phenoxy) is 3. The van der Waals surface area contributed by atoms with Gasteiger partial charge in [0.1, 0.15) is 0 Å². The van der Waals surface area contributed by atoms with Gasteiger partial charge in [0, 0.05) is 37.2 Å². The van der Waals surface area contributed by atoms with Crippen molar-refractivity contribution in [3.63, 3.8) is 0 Å². The monoisotopic (exact) mass is 396 g/mol. The summed E-state index contributed by atoms with van der Waals surface area (Å²) in [5, 5.41) is 4.04. The van der Waals surface area contributed by atoms with Gasteiger partial charge >= 0.3 is 0 Å². The minimum atomic E-state index is -0.262. The van der Waals surface area contributed by atoms with Gasteiger partial charge in [-0.05, 0) is 23.8 Å². The van der Waals surface area contributed by atoms with E-state index in [-0.39, 0.29) is 11.5 Å². The molecule has 0 radical (unpaired) electrons. The van der Waals surface area contributed by atoms with Crippen molar-refractivity contribution in [2.45, 2.75) is 13.1 Å². The molecule has 1 amide bonds. The highest BCUT2D eigenvalue weighted by atomic mass is 16.5. The number of carbonyl (C=O) groups excluding carboxylic acids is 1. The van der Waals surface area contributed by atoms with Crippen LogP contribution in [0, 0.1) is 0 Å². The van der Waals surface area contributed by atoms with E-state index >= 15 is 0 Å². The lowest BCUT2D eigenvalue weighted by Gasteiger charge is -2.13. The van der Waals surface area contributed by atoms with Crippen molar-refractivity contribution in [2.24, 2.45) is 0 Å². The van der Waals surface area contributed by atoms with Gasteiger partial charge < -0.3 is 24.1 Å². The average Bonchev–Trinajstić information content (AvgIpc) is 2.76. The maximum absolute atomic E-state index is 12.9. The lowest BCUT2D eigenvalue weighted by molar-refractivity contribution is 0.0951. The Morgan fingerprint density at radius 2 is 1.72 bits per heavy atom. The van der Waals surface area contributed by atoms with Crippen LogP contribution in [-0.4, -0.2) is 38.4 Å². The molecule has 1 aromatic heterocycles. The Kier molecular flexibility index (Phi) is 6.51. The summed E-state index contributed by atoms with van der Waals surface area (Å²) >= 11 is 0. The Morgan fingerprint density at radius 3 is 2.41 bits per heavy atom. The van der Waals surface area contributed by atoms with E-state index in [4.69, 9.17) is 14.2 Å². The van der Waals surface area contributed by atoms with E-state index < -0.39 is 0 Å². The highest BCUT2D eigenvalue weighted by molar-refractivity contribution is 6.06.